The lowest BCUT2D eigenvalue weighted by atomic mass is 9.48. The second kappa shape index (κ2) is 6.68. The van der Waals surface area contributed by atoms with E-state index < -0.39 is 0 Å². The number of amides is 1. The standard InChI is InChI=1S/C24H29N3O/c1-15(2)14-25-27-23(28)22-10-20(19-5-3-4-6-21(19)26-22)24-11-16-7-17(12-24)9-18(8-16)13-24/h3-6,10,14-18H,7-9,11-13H2,1-2H3,(H,27,28)/b25-14+. The molecule has 4 aliphatic carbocycles. The molecule has 1 aromatic heterocycles. The Morgan fingerprint density at radius 1 is 1.14 bits per heavy atom. The number of nitrogens with zero attached hydrogens (tertiary/aromatic N) is 2. The fourth-order valence-electron chi connectivity index (χ4n) is 6.47. The van der Waals surface area contributed by atoms with E-state index in [-0.39, 0.29) is 11.3 Å². The summed E-state index contributed by atoms with van der Waals surface area (Å²) < 4.78 is 0. The van der Waals surface area contributed by atoms with Gasteiger partial charge in [0.25, 0.3) is 5.91 Å². The number of para-hydroxylation sites is 1. The minimum absolute atomic E-state index is 0.214. The van der Waals surface area contributed by atoms with Crippen molar-refractivity contribution in [1.29, 1.82) is 0 Å². The van der Waals surface area contributed by atoms with Crippen LogP contribution < -0.4 is 5.43 Å². The van der Waals surface area contributed by atoms with E-state index in [1.807, 2.05) is 26.0 Å². The minimum atomic E-state index is -0.214. The third-order valence-electron chi connectivity index (χ3n) is 7.10. The van der Waals surface area contributed by atoms with Crippen molar-refractivity contribution < 1.29 is 4.79 Å². The molecule has 6 rings (SSSR count). The van der Waals surface area contributed by atoms with Crippen LogP contribution in [0, 0.1) is 23.7 Å². The molecule has 0 radical (unpaired) electrons. The number of aromatic nitrogens is 1. The summed E-state index contributed by atoms with van der Waals surface area (Å²) in [5, 5.41) is 5.31. The topological polar surface area (TPSA) is 54.4 Å². The summed E-state index contributed by atoms with van der Waals surface area (Å²) in [7, 11) is 0. The maximum absolute atomic E-state index is 12.8. The molecular weight excluding hydrogens is 346 g/mol. The van der Waals surface area contributed by atoms with Crippen LogP contribution in [-0.2, 0) is 5.41 Å². The lowest BCUT2D eigenvalue weighted by Crippen LogP contribution is -2.48. The van der Waals surface area contributed by atoms with E-state index in [9.17, 15) is 4.79 Å². The maximum atomic E-state index is 12.8. The van der Waals surface area contributed by atoms with Crippen LogP contribution in [0.1, 0.15) is 68.4 Å². The van der Waals surface area contributed by atoms with Gasteiger partial charge in [0.15, 0.2) is 0 Å². The van der Waals surface area contributed by atoms with Gasteiger partial charge < -0.3 is 0 Å². The van der Waals surface area contributed by atoms with Gasteiger partial charge in [0, 0.05) is 11.6 Å². The zero-order valence-corrected chi connectivity index (χ0v) is 16.8. The van der Waals surface area contributed by atoms with E-state index >= 15 is 0 Å². The summed E-state index contributed by atoms with van der Waals surface area (Å²) in [5.74, 6) is 2.68. The van der Waals surface area contributed by atoms with Crippen molar-refractivity contribution in [3.8, 4) is 0 Å². The molecule has 0 spiro atoms. The molecule has 4 nitrogen and oxygen atoms in total. The van der Waals surface area contributed by atoms with Crippen molar-refractivity contribution in [2.45, 2.75) is 57.8 Å². The highest BCUT2D eigenvalue weighted by Gasteiger charge is 2.52. The van der Waals surface area contributed by atoms with Gasteiger partial charge >= 0.3 is 0 Å². The molecule has 2 aromatic rings. The van der Waals surface area contributed by atoms with Crippen LogP contribution >= 0.6 is 0 Å². The van der Waals surface area contributed by atoms with Crippen LogP contribution in [0.2, 0.25) is 0 Å². The highest BCUT2D eigenvalue weighted by Crippen LogP contribution is 2.61. The molecule has 28 heavy (non-hydrogen) atoms. The number of pyridine rings is 1. The van der Waals surface area contributed by atoms with Crippen molar-refractivity contribution in [1.82, 2.24) is 10.4 Å². The summed E-state index contributed by atoms with van der Waals surface area (Å²) in [6.07, 6.45) is 9.83. The number of carbonyl (C=O) groups excluding carboxylic acids is 1. The smallest absolute Gasteiger partial charge is 0.266 e. The van der Waals surface area contributed by atoms with E-state index in [0.717, 1.165) is 23.3 Å². The average Bonchev–Trinajstić information content (AvgIpc) is 2.65. The Labute approximate surface area is 166 Å². The fourth-order valence-corrected chi connectivity index (χ4v) is 6.47. The maximum Gasteiger partial charge on any atom is 0.289 e. The molecule has 4 fully saturated rings. The first-order valence-corrected chi connectivity index (χ1v) is 10.8. The van der Waals surface area contributed by atoms with Crippen molar-refractivity contribution in [2.24, 2.45) is 28.8 Å². The molecule has 1 heterocycles. The Bertz CT molecular complexity index is 911. The third-order valence-corrected chi connectivity index (χ3v) is 7.10. The second-order valence-corrected chi connectivity index (χ2v) is 9.73. The summed E-state index contributed by atoms with van der Waals surface area (Å²) >= 11 is 0. The monoisotopic (exact) mass is 375 g/mol. The Morgan fingerprint density at radius 2 is 1.79 bits per heavy atom. The van der Waals surface area contributed by atoms with Crippen molar-refractivity contribution in [3.05, 3.63) is 41.6 Å². The summed E-state index contributed by atoms with van der Waals surface area (Å²) in [6.45, 7) is 4.07. The Balaban J connectivity index is 1.57. The van der Waals surface area contributed by atoms with Crippen LogP contribution in [0.25, 0.3) is 10.9 Å². The number of nitrogens with one attached hydrogen (secondary N) is 1. The van der Waals surface area contributed by atoms with Crippen molar-refractivity contribution in [2.75, 3.05) is 0 Å². The molecule has 4 saturated carbocycles. The number of hydrogen-bond donors (Lipinski definition) is 1. The number of hydrazone groups is 1. The van der Waals surface area contributed by atoms with Gasteiger partial charge in [0.2, 0.25) is 0 Å². The molecule has 1 aromatic carbocycles. The van der Waals surface area contributed by atoms with Crippen LogP contribution in [0.4, 0.5) is 0 Å². The first kappa shape index (κ1) is 17.8. The Hall–Kier alpha value is -2.23. The third kappa shape index (κ3) is 3.03. The van der Waals surface area contributed by atoms with E-state index in [4.69, 9.17) is 0 Å². The molecule has 0 aliphatic heterocycles. The largest absolute Gasteiger partial charge is 0.289 e. The van der Waals surface area contributed by atoms with Crippen LogP contribution in [0.3, 0.4) is 0 Å². The highest BCUT2D eigenvalue weighted by atomic mass is 16.2. The van der Waals surface area contributed by atoms with Gasteiger partial charge in [0.1, 0.15) is 5.69 Å². The van der Waals surface area contributed by atoms with Gasteiger partial charge in [-0.2, -0.15) is 5.10 Å². The van der Waals surface area contributed by atoms with Crippen molar-refractivity contribution in [3.63, 3.8) is 0 Å². The number of hydrogen-bond acceptors (Lipinski definition) is 3. The quantitative estimate of drug-likeness (QED) is 0.599. The molecule has 1 amide bonds. The zero-order chi connectivity index (χ0) is 19.3. The van der Waals surface area contributed by atoms with E-state index in [0.29, 0.717) is 11.6 Å². The first-order chi connectivity index (χ1) is 13.5. The molecule has 4 bridgehead atoms. The van der Waals surface area contributed by atoms with Gasteiger partial charge in [-0.05, 0) is 85.3 Å². The van der Waals surface area contributed by atoms with E-state index in [1.54, 1.807) is 6.21 Å². The Kier molecular flexibility index (Phi) is 4.26. The van der Waals surface area contributed by atoms with Crippen molar-refractivity contribution >= 4 is 23.0 Å². The molecule has 4 aliphatic rings. The molecule has 0 unspecified atom stereocenters. The lowest BCUT2D eigenvalue weighted by molar-refractivity contribution is -0.00453. The lowest BCUT2D eigenvalue weighted by Gasteiger charge is -2.57. The summed E-state index contributed by atoms with van der Waals surface area (Å²) in [6, 6.07) is 10.4. The van der Waals surface area contributed by atoms with Crippen LogP contribution in [0.5, 0.6) is 0 Å². The zero-order valence-electron chi connectivity index (χ0n) is 16.8. The predicted molar refractivity (Wildman–Crippen MR) is 112 cm³/mol. The number of benzene rings is 1. The van der Waals surface area contributed by atoms with Gasteiger partial charge in [0.05, 0.1) is 5.52 Å². The Morgan fingerprint density at radius 3 is 2.43 bits per heavy atom. The minimum Gasteiger partial charge on any atom is -0.266 e. The number of carbonyl (C=O) groups is 1. The molecule has 146 valence electrons. The van der Waals surface area contributed by atoms with Gasteiger partial charge in [-0.1, -0.05) is 32.0 Å². The van der Waals surface area contributed by atoms with Gasteiger partial charge in [-0.25, -0.2) is 10.4 Å². The average molecular weight is 376 g/mol. The number of rotatable bonds is 4. The molecule has 4 heteroatoms. The van der Waals surface area contributed by atoms with Crippen LogP contribution in [-0.4, -0.2) is 17.1 Å². The predicted octanol–water partition coefficient (Wildman–Crippen LogP) is 5.07. The molecule has 0 atom stereocenters. The highest BCUT2D eigenvalue weighted by molar-refractivity contribution is 5.96. The second-order valence-electron chi connectivity index (χ2n) is 9.73. The van der Waals surface area contributed by atoms with E-state index in [1.165, 1.54) is 49.5 Å². The SMILES string of the molecule is CC(C)/C=N/NC(=O)c1cc(C23CC4CC(CC(C4)C2)C3)c2ccccc2n1. The molecule has 1 N–H and O–H groups in total. The summed E-state index contributed by atoms with van der Waals surface area (Å²) in [4.78, 5) is 17.4. The number of fused-ring (bicyclic) bond motifs is 1. The molecule has 0 saturated heterocycles. The summed E-state index contributed by atoms with van der Waals surface area (Å²) in [5.41, 5.74) is 5.67. The van der Waals surface area contributed by atoms with E-state index in [2.05, 4.69) is 33.7 Å². The van der Waals surface area contributed by atoms with Crippen LogP contribution in [0.15, 0.2) is 35.4 Å². The van der Waals surface area contributed by atoms with Gasteiger partial charge in [-0.3, -0.25) is 4.79 Å². The van der Waals surface area contributed by atoms with Gasteiger partial charge in [-0.15, -0.1) is 0 Å². The fraction of sp³-hybridized carbons (Fsp3) is 0.542. The normalized spacial score (nSPS) is 31.2. The first-order valence-electron chi connectivity index (χ1n) is 10.8. The molecular formula is C24H29N3O.